The van der Waals surface area contributed by atoms with Gasteiger partial charge in [-0.05, 0) is 31.5 Å². The maximum atomic E-state index is 5.60. The molecule has 19 heavy (non-hydrogen) atoms. The lowest BCUT2D eigenvalue weighted by molar-refractivity contribution is 1.03. The molecule has 0 radical (unpaired) electrons. The van der Waals surface area contributed by atoms with E-state index in [0.29, 0.717) is 18.2 Å². The van der Waals surface area contributed by atoms with Crippen LogP contribution in [-0.2, 0) is 13.0 Å². The van der Waals surface area contributed by atoms with Crippen LogP contribution < -0.4 is 11.1 Å². The van der Waals surface area contributed by atoms with E-state index in [1.165, 1.54) is 9.75 Å². The van der Waals surface area contributed by atoms with Gasteiger partial charge in [0.1, 0.15) is 10.7 Å². The molecule has 2 aromatic heterocycles. The van der Waals surface area contributed by atoms with Crippen molar-refractivity contribution in [2.45, 2.75) is 26.8 Å². The zero-order valence-corrected chi connectivity index (χ0v) is 12.6. The summed E-state index contributed by atoms with van der Waals surface area (Å²) in [6.45, 7) is 4.76. The zero-order valence-electron chi connectivity index (χ0n) is 10.9. The molecule has 0 amide bonds. The Morgan fingerprint density at radius 1 is 1.37 bits per heavy atom. The van der Waals surface area contributed by atoms with Crippen LogP contribution in [0.2, 0.25) is 0 Å². The second kappa shape index (κ2) is 6.08. The summed E-state index contributed by atoms with van der Waals surface area (Å²) >= 11 is 6.74. The van der Waals surface area contributed by atoms with Crippen molar-refractivity contribution in [3.63, 3.8) is 0 Å². The van der Waals surface area contributed by atoms with Gasteiger partial charge >= 0.3 is 0 Å². The first-order valence-corrected chi connectivity index (χ1v) is 7.28. The minimum Gasteiger partial charge on any atom is -0.388 e. The van der Waals surface area contributed by atoms with E-state index < -0.39 is 0 Å². The number of rotatable bonds is 5. The molecule has 0 atom stereocenters. The number of nitrogens with zero attached hydrogens (tertiary/aromatic N) is 2. The molecule has 2 heterocycles. The summed E-state index contributed by atoms with van der Waals surface area (Å²) in [7, 11) is 0. The molecule has 4 nitrogen and oxygen atoms in total. The van der Waals surface area contributed by atoms with E-state index in [1.807, 2.05) is 6.92 Å². The third kappa shape index (κ3) is 3.71. The second-order valence-electron chi connectivity index (χ2n) is 4.16. The van der Waals surface area contributed by atoms with Crippen LogP contribution in [0.25, 0.3) is 0 Å². The van der Waals surface area contributed by atoms with Crippen LogP contribution in [0.1, 0.15) is 28.1 Å². The Hall–Kier alpha value is -1.53. The van der Waals surface area contributed by atoms with Crippen LogP contribution in [0, 0.1) is 6.92 Å². The Bertz CT molecular complexity index is 592. The fourth-order valence-corrected chi connectivity index (χ4v) is 2.65. The number of thiocarbonyl (C=S) groups is 1. The lowest BCUT2D eigenvalue weighted by Gasteiger charge is -2.06. The lowest BCUT2D eigenvalue weighted by atomic mass is 10.3. The number of anilines is 1. The Morgan fingerprint density at radius 2 is 2.11 bits per heavy atom. The highest BCUT2D eigenvalue weighted by atomic mass is 32.1. The summed E-state index contributed by atoms with van der Waals surface area (Å²) in [5.74, 6) is 0.564. The summed E-state index contributed by atoms with van der Waals surface area (Å²) in [6.07, 6.45) is 1.07. The Balaban J connectivity index is 2.08. The SMILES string of the molecule is CCc1ccc(CNc2nc(C)cc(C(N)=S)n2)s1. The molecule has 2 aromatic rings. The van der Waals surface area contributed by atoms with Gasteiger partial charge in [-0.2, -0.15) is 0 Å². The van der Waals surface area contributed by atoms with Gasteiger partial charge < -0.3 is 11.1 Å². The first-order valence-electron chi connectivity index (χ1n) is 6.05. The van der Waals surface area contributed by atoms with Gasteiger partial charge in [0.2, 0.25) is 5.95 Å². The fourth-order valence-electron chi connectivity index (χ4n) is 1.65. The number of thiophene rings is 1. The summed E-state index contributed by atoms with van der Waals surface area (Å²) in [5.41, 5.74) is 7.05. The van der Waals surface area contributed by atoms with E-state index in [4.69, 9.17) is 18.0 Å². The Labute approximate surface area is 122 Å². The highest BCUT2D eigenvalue weighted by Crippen LogP contribution is 2.17. The third-order valence-corrected chi connectivity index (χ3v) is 4.03. The standard InChI is InChI=1S/C13H16N4S2/c1-3-9-4-5-10(19-9)7-15-13-16-8(2)6-11(17-13)12(14)18/h4-6H,3,7H2,1-2H3,(H2,14,18)(H,15,16,17). The van der Waals surface area contributed by atoms with Gasteiger partial charge in [-0.15, -0.1) is 11.3 Å². The van der Waals surface area contributed by atoms with Crippen LogP contribution >= 0.6 is 23.6 Å². The van der Waals surface area contributed by atoms with Gasteiger partial charge in [-0.25, -0.2) is 9.97 Å². The average molecular weight is 292 g/mol. The van der Waals surface area contributed by atoms with E-state index in [2.05, 4.69) is 34.3 Å². The fraction of sp³-hybridized carbons (Fsp3) is 0.308. The smallest absolute Gasteiger partial charge is 0.223 e. The van der Waals surface area contributed by atoms with Gasteiger partial charge in [0.25, 0.3) is 0 Å². The first-order chi connectivity index (χ1) is 9.08. The molecule has 0 saturated heterocycles. The van der Waals surface area contributed by atoms with Crippen molar-refractivity contribution in [2.75, 3.05) is 5.32 Å². The maximum absolute atomic E-state index is 5.60. The number of aryl methyl sites for hydroxylation is 2. The molecule has 0 saturated carbocycles. The summed E-state index contributed by atoms with van der Waals surface area (Å²) in [4.78, 5) is 11.5. The maximum Gasteiger partial charge on any atom is 0.223 e. The van der Waals surface area contributed by atoms with Crippen LogP contribution in [-0.4, -0.2) is 15.0 Å². The largest absolute Gasteiger partial charge is 0.388 e. The third-order valence-electron chi connectivity index (χ3n) is 2.59. The van der Waals surface area contributed by atoms with Crippen molar-refractivity contribution in [3.8, 4) is 0 Å². The molecule has 0 unspecified atom stereocenters. The van der Waals surface area contributed by atoms with Crippen LogP contribution in [0.4, 0.5) is 5.95 Å². The molecule has 3 N–H and O–H groups in total. The van der Waals surface area contributed by atoms with Crippen molar-refractivity contribution in [3.05, 3.63) is 39.3 Å². The highest BCUT2D eigenvalue weighted by molar-refractivity contribution is 7.80. The predicted molar refractivity (Wildman–Crippen MR) is 83.7 cm³/mol. The number of aromatic nitrogens is 2. The number of hydrogen-bond donors (Lipinski definition) is 2. The molecular formula is C13H16N4S2. The molecule has 100 valence electrons. The second-order valence-corrected chi connectivity index (χ2v) is 5.85. The summed E-state index contributed by atoms with van der Waals surface area (Å²) in [6, 6.07) is 6.06. The van der Waals surface area contributed by atoms with Crippen LogP contribution in [0.3, 0.4) is 0 Å². The van der Waals surface area contributed by atoms with Crippen LogP contribution in [0.5, 0.6) is 0 Å². The minimum absolute atomic E-state index is 0.290. The van der Waals surface area contributed by atoms with Crippen LogP contribution in [0.15, 0.2) is 18.2 Å². The molecule has 0 bridgehead atoms. The zero-order chi connectivity index (χ0) is 13.8. The molecule has 0 aromatic carbocycles. The highest BCUT2D eigenvalue weighted by Gasteiger charge is 2.05. The topological polar surface area (TPSA) is 63.8 Å². The molecule has 2 rings (SSSR count). The molecule has 0 aliphatic carbocycles. The van der Waals surface area contributed by atoms with Gasteiger partial charge in [0.05, 0.1) is 6.54 Å². The van der Waals surface area contributed by atoms with E-state index in [0.717, 1.165) is 12.1 Å². The number of nitrogens with one attached hydrogen (secondary N) is 1. The molecule has 6 heteroatoms. The predicted octanol–water partition coefficient (Wildman–Crippen LogP) is 2.66. The van der Waals surface area contributed by atoms with E-state index in [-0.39, 0.29) is 4.99 Å². The molecular weight excluding hydrogens is 276 g/mol. The number of nitrogens with two attached hydrogens (primary N) is 1. The quantitative estimate of drug-likeness (QED) is 0.830. The van der Waals surface area contributed by atoms with Crippen molar-refractivity contribution in [2.24, 2.45) is 5.73 Å². The first kappa shape index (κ1) is 13.9. The van der Waals surface area contributed by atoms with Gasteiger partial charge in [-0.3, -0.25) is 0 Å². The van der Waals surface area contributed by atoms with Crippen molar-refractivity contribution >= 4 is 34.5 Å². The monoisotopic (exact) mass is 292 g/mol. The average Bonchev–Trinajstić information content (AvgIpc) is 2.83. The van der Waals surface area contributed by atoms with E-state index in [9.17, 15) is 0 Å². The van der Waals surface area contributed by atoms with Gasteiger partial charge in [0.15, 0.2) is 0 Å². The van der Waals surface area contributed by atoms with E-state index >= 15 is 0 Å². The molecule has 0 aliphatic heterocycles. The lowest BCUT2D eigenvalue weighted by Crippen LogP contribution is -2.14. The summed E-state index contributed by atoms with van der Waals surface area (Å²) < 4.78 is 0. The van der Waals surface area contributed by atoms with Gasteiger partial charge in [-0.1, -0.05) is 19.1 Å². The normalized spacial score (nSPS) is 10.4. The summed E-state index contributed by atoms with van der Waals surface area (Å²) in [5, 5.41) is 3.21. The van der Waals surface area contributed by atoms with Gasteiger partial charge in [0, 0.05) is 15.4 Å². The number of hydrogen-bond acceptors (Lipinski definition) is 5. The van der Waals surface area contributed by atoms with Crippen molar-refractivity contribution < 1.29 is 0 Å². The van der Waals surface area contributed by atoms with Crippen molar-refractivity contribution in [1.82, 2.24) is 9.97 Å². The molecule has 0 aliphatic rings. The molecule has 0 spiro atoms. The minimum atomic E-state index is 0.290. The molecule has 0 fully saturated rings. The van der Waals surface area contributed by atoms with E-state index in [1.54, 1.807) is 17.4 Å². The Kier molecular flexibility index (Phi) is 4.44. The van der Waals surface area contributed by atoms with Crippen molar-refractivity contribution in [1.29, 1.82) is 0 Å². The Morgan fingerprint density at radius 3 is 2.74 bits per heavy atom.